The summed E-state index contributed by atoms with van der Waals surface area (Å²) in [4.78, 5) is 28.4. The molecule has 7 heteroatoms. The van der Waals surface area contributed by atoms with Crippen molar-refractivity contribution in [2.45, 2.75) is 13.5 Å². The number of carbonyl (C=O) groups is 2. The Labute approximate surface area is 134 Å². The minimum atomic E-state index is -0.548. The molecule has 7 nitrogen and oxygen atoms in total. The smallest absolute Gasteiger partial charge is 0.248 e. The molecule has 122 valence electrons. The molecular weight excluding hydrogens is 298 g/mol. The minimum absolute atomic E-state index is 0.0110. The normalized spacial score (nSPS) is 10.7. The highest BCUT2D eigenvalue weighted by molar-refractivity contribution is 5.96. The molecule has 0 aliphatic carbocycles. The van der Waals surface area contributed by atoms with E-state index in [0.717, 1.165) is 5.76 Å². The zero-order chi connectivity index (χ0) is 16.8. The Morgan fingerprint density at radius 3 is 2.70 bits per heavy atom. The van der Waals surface area contributed by atoms with Crippen LogP contribution in [0.1, 0.15) is 21.9 Å². The molecule has 0 aliphatic heterocycles. The highest BCUT2D eigenvalue weighted by atomic mass is 16.7. The summed E-state index contributed by atoms with van der Waals surface area (Å²) in [5.41, 5.74) is 6.04. The number of nitrogens with zero attached hydrogens (tertiary/aromatic N) is 1. The number of hydrogen-bond acceptors (Lipinski definition) is 5. The highest BCUT2D eigenvalue weighted by Crippen LogP contribution is 2.12. The second kappa shape index (κ2) is 7.57. The third-order valence-electron chi connectivity index (χ3n) is 3.14. The van der Waals surface area contributed by atoms with Gasteiger partial charge in [-0.2, -0.15) is 5.06 Å². The van der Waals surface area contributed by atoms with Crippen molar-refractivity contribution in [3.05, 3.63) is 53.5 Å². The van der Waals surface area contributed by atoms with Crippen LogP contribution >= 0.6 is 0 Å². The van der Waals surface area contributed by atoms with E-state index >= 15 is 0 Å². The fourth-order valence-corrected chi connectivity index (χ4v) is 2.04. The van der Waals surface area contributed by atoms with Crippen LogP contribution in [-0.2, 0) is 16.2 Å². The zero-order valence-electron chi connectivity index (χ0n) is 13.0. The lowest BCUT2D eigenvalue weighted by Gasteiger charge is -2.17. The molecule has 3 N–H and O–H groups in total. The zero-order valence-corrected chi connectivity index (χ0v) is 13.0. The number of hydroxylamine groups is 2. The molecule has 1 heterocycles. The van der Waals surface area contributed by atoms with Crippen LogP contribution in [0.4, 0.5) is 5.69 Å². The Hall–Kier alpha value is -2.64. The number of anilines is 1. The van der Waals surface area contributed by atoms with Gasteiger partial charge in [0.25, 0.3) is 0 Å². The van der Waals surface area contributed by atoms with Crippen LogP contribution < -0.4 is 11.1 Å². The van der Waals surface area contributed by atoms with Gasteiger partial charge in [-0.25, -0.2) is 0 Å². The molecule has 0 bridgehead atoms. The van der Waals surface area contributed by atoms with Gasteiger partial charge in [0, 0.05) is 11.3 Å². The molecule has 2 rings (SSSR count). The van der Waals surface area contributed by atoms with E-state index in [2.05, 4.69) is 5.32 Å². The van der Waals surface area contributed by atoms with Crippen LogP contribution in [0.25, 0.3) is 0 Å². The number of furan rings is 1. The number of hydrogen-bond donors (Lipinski definition) is 2. The van der Waals surface area contributed by atoms with Crippen molar-refractivity contribution in [3.8, 4) is 0 Å². The fourth-order valence-electron chi connectivity index (χ4n) is 2.04. The number of benzene rings is 1. The number of nitrogens with one attached hydrogen (secondary N) is 1. The predicted molar refractivity (Wildman–Crippen MR) is 84.5 cm³/mol. The lowest BCUT2D eigenvalue weighted by atomic mass is 10.2. The molecule has 0 spiro atoms. The lowest BCUT2D eigenvalue weighted by molar-refractivity contribution is -0.153. The van der Waals surface area contributed by atoms with Gasteiger partial charge in [-0.3, -0.25) is 9.59 Å². The lowest BCUT2D eigenvalue weighted by Crippen LogP contribution is -2.32. The van der Waals surface area contributed by atoms with Gasteiger partial charge in [-0.1, -0.05) is 6.07 Å². The van der Waals surface area contributed by atoms with Crippen LogP contribution in [0.3, 0.4) is 0 Å². The molecule has 2 amide bonds. The molecule has 0 unspecified atom stereocenters. The summed E-state index contributed by atoms with van der Waals surface area (Å²) >= 11 is 0. The van der Waals surface area contributed by atoms with E-state index in [1.807, 2.05) is 19.1 Å². The quantitative estimate of drug-likeness (QED) is 0.757. The standard InChI is InChI=1S/C16H19N3O4/c1-11-6-7-14(23-11)9-19(22-2)10-15(20)18-13-5-3-4-12(8-13)16(17)21/h3-8H,9-10H2,1-2H3,(H2,17,21)(H,18,20). The van der Waals surface area contributed by atoms with E-state index in [-0.39, 0.29) is 12.5 Å². The Morgan fingerprint density at radius 2 is 2.09 bits per heavy atom. The number of aryl methyl sites for hydroxylation is 1. The van der Waals surface area contributed by atoms with Gasteiger partial charge >= 0.3 is 0 Å². The first-order valence-corrected chi connectivity index (χ1v) is 7.02. The Balaban J connectivity index is 1.94. The largest absolute Gasteiger partial charge is 0.465 e. The van der Waals surface area contributed by atoms with Gasteiger partial charge in [0.2, 0.25) is 11.8 Å². The number of carbonyl (C=O) groups excluding carboxylic acids is 2. The molecule has 2 aromatic rings. The van der Waals surface area contributed by atoms with Crippen molar-refractivity contribution < 1.29 is 18.8 Å². The molecule has 0 saturated carbocycles. The average Bonchev–Trinajstić information content (AvgIpc) is 2.91. The molecule has 0 radical (unpaired) electrons. The number of rotatable bonds is 7. The summed E-state index contributed by atoms with van der Waals surface area (Å²) in [6.07, 6.45) is 0. The van der Waals surface area contributed by atoms with Crippen molar-refractivity contribution in [2.24, 2.45) is 5.73 Å². The van der Waals surface area contributed by atoms with E-state index in [1.165, 1.54) is 18.2 Å². The van der Waals surface area contributed by atoms with Crippen molar-refractivity contribution in [1.29, 1.82) is 0 Å². The third kappa shape index (κ3) is 4.94. The Morgan fingerprint density at radius 1 is 1.30 bits per heavy atom. The molecule has 0 atom stereocenters. The number of nitrogens with two attached hydrogens (primary N) is 1. The second-order valence-corrected chi connectivity index (χ2v) is 4.99. The van der Waals surface area contributed by atoms with E-state index in [9.17, 15) is 9.59 Å². The van der Waals surface area contributed by atoms with E-state index in [4.69, 9.17) is 15.0 Å². The summed E-state index contributed by atoms with van der Waals surface area (Å²) in [6, 6.07) is 10.1. The number of amides is 2. The fraction of sp³-hybridized carbons (Fsp3) is 0.250. The maximum atomic E-state index is 12.1. The molecule has 1 aromatic carbocycles. The summed E-state index contributed by atoms with van der Waals surface area (Å²) in [7, 11) is 1.48. The first-order valence-electron chi connectivity index (χ1n) is 7.02. The first-order chi connectivity index (χ1) is 11.0. The predicted octanol–water partition coefficient (Wildman–Crippen LogP) is 1.69. The first kappa shape index (κ1) is 16.7. The third-order valence-corrected chi connectivity index (χ3v) is 3.14. The van der Waals surface area contributed by atoms with E-state index < -0.39 is 5.91 Å². The Bertz CT molecular complexity index is 696. The van der Waals surface area contributed by atoms with Gasteiger partial charge in [-0.15, -0.1) is 0 Å². The van der Waals surface area contributed by atoms with E-state index in [1.54, 1.807) is 18.2 Å². The molecule has 0 saturated heterocycles. The topological polar surface area (TPSA) is 97.8 Å². The van der Waals surface area contributed by atoms with Gasteiger partial charge in [0.15, 0.2) is 0 Å². The van der Waals surface area contributed by atoms with Gasteiger partial charge in [0.05, 0.1) is 13.7 Å². The summed E-state index contributed by atoms with van der Waals surface area (Å²) < 4.78 is 5.45. The summed E-state index contributed by atoms with van der Waals surface area (Å²) in [5.74, 6) is 0.668. The minimum Gasteiger partial charge on any atom is -0.465 e. The summed E-state index contributed by atoms with van der Waals surface area (Å²) in [6.45, 7) is 2.20. The maximum Gasteiger partial charge on any atom is 0.248 e. The van der Waals surface area contributed by atoms with Gasteiger partial charge in [0.1, 0.15) is 18.1 Å². The molecule has 0 fully saturated rings. The monoisotopic (exact) mass is 317 g/mol. The molecule has 1 aromatic heterocycles. The van der Waals surface area contributed by atoms with Crippen LogP contribution in [0.5, 0.6) is 0 Å². The van der Waals surface area contributed by atoms with Crippen LogP contribution in [0.15, 0.2) is 40.8 Å². The second-order valence-electron chi connectivity index (χ2n) is 4.99. The Kier molecular flexibility index (Phi) is 5.51. The summed E-state index contributed by atoms with van der Waals surface area (Å²) in [5, 5.41) is 4.16. The van der Waals surface area contributed by atoms with Gasteiger partial charge < -0.3 is 20.3 Å². The highest BCUT2D eigenvalue weighted by Gasteiger charge is 2.13. The van der Waals surface area contributed by atoms with Crippen LogP contribution in [0.2, 0.25) is 0 Å². The maximum absolute atomic E-state index is 12.1. The molecule has 0 aliphatic rings. The molecule has 23 heavy (non-hydrogen) atoms. The van der Waals surface area contributed by atoms with Crippen molar-refractivity contribution in [1.82, 2.24) is 5.06 Å². The van der Waals surface area contributed by atoms with Crippen LogP contribution in [-0.4, -0.2) is 30.5 Å². The van der Waals surface area contributed by atoms with Crippen molar-refractivity contribution >= 4 is 17.5 Å². The molecular formula is C16H19N3O4. The van der Waals surface area contributed by atoms with Crippen molar-refractivity contribution in [2.75, 3.05) is 19.0 Å². The van der Waals surface area contributed by atoms with Crippen LogP contribution in [0, 0.1) is 6.92 Å². The van der Waals surface area contributed by atoms with E-state index in [0.29, 0.717) is 23.6 Å². The van der Waals surface area contributed by atoms with Gasteiger partial charge in [-0.05, 0) is 37.3 Å². The SMILES string of the molecule is CON(CC(=O)Nc1cccc(C(N)=O)c1)Cc1ccc(C)o1. The average molecular weight is 317 g/mol. The van der Waals surface area contributed by atoms with Crippen molar-refractivity contribution in [3.63, 3.8) is 0 Å². The number of primary amides is 1.